The molecule has 0 unspecified atom stereocenters. The van der Waals surface area contributed by atoms with Crippen LogP contribution in [0.2, 0.25) is 0 Å². The number of nitrogens with one attached hydrogen (secondary N) is 1. The number of hydrogen-bond acceptors (Lipinski definition) is 6. The lowest BCUT2D eigenvalue weighted by molar-refractivity contribution is -0.129. The number of aliphatic hydroxyl groups is 1. The van der Waals surface area contributed by atoms with Gasteiger partial charge in [0, 0.05) is 38.1 Å². The quantitative estimate of drug-likeness (QED) is 0.227. The second kappa shape index (κ2) is 15.8. The number of hydrogen-bond donors (Lipinski definition) is 3. The highest BCUT2D eigenvalue weighted by Gasteiger charge is 2.37. The van der Waals surface area contributed by atoms with Gasteiger partial charge in [0.05, 0.1) is 19.8 Å². The fourth-order valence-electron chi connectivity index (χ4n) is 5.74. The van der Waals surface area contributed by atoms with E-state index in [1.165, 1.54) is 0 Å². The monoisotopic (exact) mass is 548 g/mol. The Labute approximate surface area is 237 Å². The number of amides is 1. The van der Waals surface area contributed by atoms with E-state index in [2.05, 4.69) is 52.9 Å². The van der Waals surface area contributed by atoms with Gasteiger partial charge in [0.1, 0.15) is 0 Å². The number of carbonyl (C=O) groups excluding carboxylic acids is 1. The summed E-state index contributed by atoms with van der Waals surface area (Å²) >= 11 is 0. The van der Waals surface area contributed by atoms with Gasteiger partial charge in [0.15, 0.2) is 11.5 Å². The molecule has 1 amide bonds. The molecule has 5 atom stereocenters. The lowest BCUT2D eigenvalue weighted by atomic mass is 9.80. The Balaban J connectivity index is 2.03. The SMILES string of the molecule is COCCCOc1cc(C[C@@H](C[C@H](N)[C@@H](O)C[C@H](C(=O)N[C@@H]2CCCC2(C)C)C(C)C)C(C)C)ccc1OC. The van der Waals surface area contributed by atoms with Gasteiger partial charge in [-0.3, -0.25) is 4.79 Å². The second-order valence-corrected chi connectivity index (χ2v) is 12.9. The average molecular weight is 549 g/mol. The van der Waals surface area contributed by atoms with E-state index in [-0.39, 0.29) is 35.1 Å². The van der Waals surface area contributed by atoms with Crippen molar-refractivity contribution in [3.63, 3.8) is 0 Å². The topological polar surface area (TPSA) is 103 Å². The van der Waals surface area contributed by atoms with Crippen molar-refractivity contribution >= 4 is 5.91 Å². The largest absolute Gasteiger partial charge is 0.493 e. The summed E-state index contributed by atoms with van der Waals surface area (Å²) in [6.45, 7) is 14.2. The van der Waals surface area contributed by atoms with Crippen LogP contribution in [0.5, 0.6) is 11.5 Å². The highest BCUT2D eigenvalue weighted by molar-refractivity contribution is 5.79. The molecule has 1 saturated carbocycles. The number of aliphatic hydroxyl groups excluding tert-OH is 1. The summed E-state index contributed by atoms with van der Waals surface area (Å²) in [7, 11) is 3.33. The molecule has 1 fully saturated rings. The molecule has 0 heterocycles. The summed E-state index contributed by atoms with van der Waals surface area (Å²) in [5, 5.41) is 14.5. The van der Waals surface area contributed by atoms with Crippen LogP contribution in [-0.4, -0.2) is 56.6 Å². The van der Waals surface area contributed by atoms with Crippen LogP contribution in [0.25, 0.3) is 0 Å². The molecule has 0 aliphatic heterocycles. The molecule has 0 saturated heterocycles. The summed E-state index contributed by atoms with van der Waals surface area (Å²) in [6, 6.07) is 5.86. The molecule has 0 aromatic heterocycles. The standard InChI is InChI=1S/C32H56N2O5/c1-21(2)24(17-23-12-13-28(38-8)29(18-23)39-16-10-15-37-7)19-26(33)27(35)20-25(22(3)4)31(36)34-30-11-9-14-32(30,5)6/h12-13,18,21-22,24-27,30,35H,9-11,14-17,19-20,33H2,1-8H3,(H,34,36)/t24-,25-,26-,27-,30+/m0/s1. The maximum Gasteiger partial charge on any atom is 0.223 e. The van der Waals surface area contributed by atoms with E-state index in [1.807, 2.05) is 12.1 Å². The van der Waals surface area contributed by atoms with Crippen LogP contribution >= 0.6 is 0 Å². The number of rotatable bonds is 17. The number of nitrogens with two attached hydrogens (primary N) is 1. The highest BCUT2D eigenvalue weighted by Crippen LogP contribution is 2.38. The summed E-state index contributed by atoms with van der Waals surface area (Å²) in [6.07, 6.45) is 5.24. The zero-order chi connectivity index (χ0) is 29.2. The predicted molar refractivity (Wildman–Crippen MR) is 158 cm³/mol. The molecule has 1 aromatic carbocycles. The van der Waals surface area contributed by atoms with E-state index in [9.17, 15) is 9.90 Å². The normalized spacial score (nSPS) is 20.1. The van der Waals surface area contributed by atoms with Crippen LogP contribution in [0.4, 0.5) is 0 Å². The highest BCUT2D eigenvalue weighted by atomic mass is 16.5. The van der Waals surface area contributed by atoms with E-state index in [0.717, 1.165) is 43.4 Å². The average Bonchev–Trinajstić information content (AvgIpc) is 3.21. The summed E-state index contributed by atoms with van der Waals surface area (Å²) in [4.78, 5) is 13.3. The van der Waals surface area contributed by atoms with Crippen LogP contribution < -0.4 is 20.5 Å². The third-order valence-corrected chi connectivity index (χ3v) is 8.70. The first kappa shape index (κ1) is 33.4. The smallest absolute Gasteiger partial charge is 0.223 e. The van der Waals surface area contributed by atoms with Crippen molar-refractivity contribution in [2.75, 3.05) is 27.4 Å². The Morgan fingerprint density at radius 1 is 1.10 bits per heavy atom. The van der Waals surface area contributed by atoms with Gasteiger partial charge in [-0.1, -0.05) is 54.0 Å². The van der Waals surface area contributed by atoms with Crippen LogP contribution in [-0.2, 0) is 16.0 Å². The minimum Gasteiger partial charge on any atom is -0.493 e. The van der Waals surface area contributed by atoms with Crippen LogP contribution in [0, 0.1) is 29.1 Å². The van der Waals surface area contributed by atoms with Gasteiger partial charge in [0.25, 0.3) is 0 Å². The molecule has 39 heavy (non-hydrogen) atoms. The van der Waals surface area contributed by atoms with Crippen LogP contribution in [0.3, 0.4) is 0 Å². The minimum absolute atomic E-state index is 0.0490. The van der Waals surface area contributed by atoms with Gasteiger partial charge in [-0.25, -0.2) is 0 Å². The van der Waals surface area contributed by atoms with E-state index in [4.69, 9.17) is 19.9 Å². The first-order valence-electron chi connectivity index (χ1n) is 14.9. The fraction of sp³-hybridized carbons (Fsp3) is 0.781. The molecule has 1 aromatic rings. The molecular formula is C32H56N2O5. The minimum atomic E-state index is -0.739. The molecule has 2 rings (SSSR count). The summed E-state index contributed by atoms with van der Waals surface area (Å²) in [5.41, 5.74) is 7.86. The van der Waals surface area contributed by atoms with Gasteiger partial charge < -0.3 is 30.4 Å². The molecule has 224 valence electrons. The molecule has 1 aliphatic carbocycles. The number of methoxy groups -OCH3 is 2. The van der Waals surface area contributed by atoms with E-state index in [0.29, 0.717) is 37.7 Å². The predicted octanol–water partition coefficient (Wildman–Crippen LogP) is 5.36. The zero-order valence-corrected chi connectivity index (χ0v) is 25.8. The number of ether oxygens (including phenoxy) is 3. The van der Waals surface area contributed by atoms with Crippen molar-refractivity contribution in [2.24, 2.45) is 34.8 Å². The Morgan fingerprint density at radius 3 is 2.38 bits per heavy atom. The number of benzene rings is 1. The van der Waals surface area contributed by atoms with Crippen LogP contribution in [0.15, 0.2) is 18.2 Å². The molecule has 7 heteroatoms. The van der Waals surface area contributed by atoms with Crippen LogP contribution in [0.1, 0.15) is 85.6 Å². The first-order chi connectivity index (χ1) is 18.4. The first-order valence-corrected chi connectivity index (χ1v) is 14.9. The molecule has 0 spiro atoms. The van der Waals surface area contributed by atoms with Gasteiger partial charge in [-0.15, -0.1) is 0 Å². The van der Waals surface area contributed by atoms with Crippen molar-refractivity contribution in [2.45, 2.75) is 105 Å². The lowest BCUT2D eigenvalue weighted by Gasteiger charge is -2.32. The van der Waals surface area contributed by atoms with Gasteiger partial charge in [0.2, 0.25) is 5.91 Å². The fourth-order valence-corrected chi connectivity index (χ4v) is 5.74. The van der Waals surface area contributed by atoms with E-state index >= 15 is 0 Å². The van der Waals surface area contributed by atoms with Crippen molar-refractivity contribution in [3.05, 3.63) is 23.8 Å². The summed E-state index contributed by atoms with van der Waals surface area (Å²) in [5.74, 6) is 2.00. The van der Waals surface area contributed by atoms with Gasteiger partial charge in [-0.2, -0.15) is 0 Å². The van der Waals surface area contributed by atoms with E-state index in [1.54, 1.807) is 14.2 Å². The van der Waals surface area contributed by atoms with Gasteiger partial charge >= 0.3 is 0 Å². The third-order valence-electron chi connectivity index (χ3n) is 8.70. The molecule has 1 aliphatic rings. The maximum atomic E-state index is 13.3. The zero-order valence-electron chi connectivity index (χ0n) is 25.8. The van der Waals surface area contributed by atoms with Crippen molar-refractivity contribution < 1.29 is 24.1 Å². The number of carbonyl (C=O) groups is 1. The van der Waals surface area contributed by atoms with Crippen molar-refractivity contribution in [3.8, 4) is 11.5 Å². The maximum absolute atomic E-state index is 13.3. The summed E-state index contributed by atoms with van der Waals surface area (Å²) < 4.78 is 16.6. The molecule has 0 bridgehead atoms. The lowest BCUT2D eigenvalue weighted by Crippen LogP contribution is -2.47. The van der Waals surface area contributed by atoms with Crippen molar-refractivity contribution in [1.82, 2.24) is 5.32 Å². The Kier molecular flexibility index (Phi) is 13.5. The van der Waals surface area contributed by atoms with E-state index < -0.39 is 12.1 Å². The molecule has 4 N–H and O–H groups in total. The van der Waals surface area contributed by atoms with Crippen molar-refractivity contribution in [1.29, 1.82) is 0 Å². The molecule has 7 nitrogen and oxygen atoms in total. The second-order valence-electron chi connectivity index (χ2n) is 12.9. The third kappa shape index (κ3) is 10.3. The Hall–Kier alpha value is -1.83. The Bertz CT molecular complexity index is 872. The molecule has 0 radical (unpaired) electrons. The Morgan fingerprint density at radius 2 is 1.82 bits per heavy atom. The van der Waals surface area contributed by atoms with Gasteiger partial charge in [-0.05, 0) is 73.0 Å². The molecular weight excluding hydrogens is 492 g/mol.